The summed E-state index contributed by atoms with van der Waals surface area (Å²) >= 11 is 4.61. The Morgan fingerprint density at radius 2 is 0.974 bits per heavy atom. The second kappa shape index (κ2) is 12.1. The highest BCUT2D eigenvalue weighted by Gasteiger charge is 2.17. The van der Waals surface area contributed by atoms with Crippen LogP contribution in [0.15, 0.2) is 91.0 Å². The minimum absolute atomic E-state index is 0.337. The Hall–Kier alpha value is -4.95. The number of fused-ring (bicyclic) bond motifs is 6. The van der Waals surface area contributed by atoms with Crippen LogP contribution in [0.5, 0.6) is 0 Å². The van der Waals surface area contributed by atoms with Gasteiger partial charge in [0.2, 0.25) is 0 Å². The summed E-state index contributed by atoms with van der Waals surface area (Å²) in [5.41, 5.74) is 4.69. The first kappa shape index (κ1) is 27.1. The highest BCUT2D eigenvalue weighted by Crippen LogP contribution is 2.26. The standard InChI is InChI=1S/C15H11NO3.C12H9N.C3H3ClO3/c1-19-15(18)14(17)9-6-7-13-11(8-9)10-4-2-3-5-12(10)16-13;1-3-7-11-9(5-1)10-6-2-4-8-12(10)13-11;1-7-3(6)2(4)5/h2-8,16H,1H3;1-8,13H;1H3. The molecule has 2 aromatic heterocycles. The van der Waals surface area contributed by atoms with E-state index < -0.39 is 23.0 Å². The zero-order valence-corrected chi connectivity index (χ0v) is 21.7. The van der Waals surface area contributed by atoms with E-state index in [-0.39, 0.29) is 0 Å². The highest BCUT2D eigenvalue weighted by atomic mass is 35.5. The summed E-state index contributed by atoms with van der Waals surface area (Å²) in [7, 11) is 2.28. The molecule has 9 heteroatoms. The number of hydrogen-bond donors (Lipinski definition) is 2. The quantitative estimate of drug-likeness (QED) is 0.124. The first-order chi connectivity index (χ1) is 18.8. The van der Waals surface area contributed by atoms with E-state index in [1.165, 1.54) is 28.9 Å². The van der Waals surface area contributed by atoms with Gasteiger partial charge in [-0.05, 0) is 48.0 Å². The number of ether oxygens (including phenoxy) is 2. The van der Waals surface area contributed by atoms with Crippen molar-refractivity contribution in [2.45, 2.75) is 0 Å². The van der Waals surface area contributed by atoms with Gasteiger partial charge in [0, 0.05) is 49.2 Å². The Kier molecular flexibility index (Phi) is 8.38. The van der Waals surface area contributed by atoms with E-state index in [0.29, 0.717) is 5.56 Å². The van der Waals surface area contributed by atoms with Crippen LogP contribution >= 0.6 is 11.6 Å². The predicted octanol–water partition coefficient (Wildman–Crippen LogP) is 5.92. The van der Waals surface area contributed by atoms with Gasteiger partial charge >= 0.3 is 17.2 Å². The molecule has 4 aromatic carbocycles. The number of aromatic nitrogens is 2. The smallest absolute Gasteiger partial charge is 0.391 e. The van der Waals surface area contributed by atoms with Gasteiger partial charge in [-0.15, -0.1) is 0 Å². The van der Waals surface area contributed by atoms with Crippen LogP contribution in [0.4, 0.5) is 0 Å². The lowest BCUT2D eigenvalue weighted by Crippen LogP contribution is -2.15. The van der Waals surface area contributed by atoms with E-state index in [1.54, 1.807) is 18.2 Å². The second-order valence-electron chi connectivity index (χ2n) is 8.23. The van der Waals surface area contributed by atoms with Crippen LogP contribution in [0.3, 0.4) is 0 Å². The van der Waals surface area contributed by atoms with Gasteiger partial charge < -0.3 is 19.4 Å². The number of rotatable bonds is 3. The molecule has 0 fully saturated rings. The number of Topliss-reactive ketones (excluding diaryl/α,β-unsaturated/α-hetero) is 1. The Morgan fingerprint density at radius 1 is 0.564 bits per heavy atom. The fourth-order valence-corrected chi connectivity index (χ4v) is 4.16. The molecule has 0 saturated heterocycles. The Morgan fingerprint density at radius 3 is 1.38 bits per heavy atom. The van der Waals surface area contributed by atoms with Gasteiger partial charge in [0.25, 0.3) is 5.78 Å². The molecular weight excluding hydrogens is 520 g/mol. The summed E-state index contributed by atoms with van der Waals surface area (Å²) < 4.78 is 8.34. The number of methoxy groups -OCH3 is 2. The van der Waals surface area contributed by atoms with Crippen LogP contribution in [0.1, 0.15) is 10.4 Å². The number of nitrogens with one attached hydrogen (secondary N) is 2. The van der Waals surface area contributed by atoms with Crippen molar-refractivity contribution >= 4 is 78.2 Å². The van der Waals surface area contributed by atoms with Crippen molar-refractivity contribution in [2.75, 3.05) is 14.2 Å². The molecule has 0 radical (unpaired) electrons. The number of H-pyrrole nitrogens is 2. The Bertz CT molecular complexity index is 1790. The average Bonchev–Trinajstić information content (AvgIpc) is 3.54. The molecule has 0 aliphatic rings. The van der Waals surface area contributed by atoms with Crippen molar-refractivity contribution in [1.29, 1.82) is 0 Å². The van der Waals surface area contributed by atoms with E-state index in [4.69, 9.17) is 0 Å². The van der Waals surface area contributed by atoms with E-state index in [2.05, 4.69) is 79.6 Å². The molecule has 6 rings (SSSR count). The summed E-state index contributed by atoms with van der Waals surface area (Å²) in [6.45, 7) is 0. The van der Waals surface area contributed by atoms with E-state index in [1.807, 2.05) is 24.3 Å². The highest BCUT2D eigenvalue weighted by molar-refractivity contribution is 6.80. The molecule has 196 valence electrons. The number of para-hydroxylation sites is 3. The van der Waals surface area contributed by atoms with Gasteiger partial charge in [-0.1, -0.05) is 54.6 Å². The molecule has 0 atom stereocenters. The fourth-order valence-electron chi connectivity index (χ4n) is 4.08. The fraction of sp³-hybridized carbons (Fsp3) is 0.0667. The predicted molar refractivity (Wildman–Crippen MR) is 151 cm³/mol. The Labute approximate surface area is 227 Å². The third-order valence-corrected chi connectivity index (χ3v) is 6.05. The third kappa shape index (κ3) is 5.97. The summed E-state index contributed by atoms with van der Waals surface area (Å²) in [5.74, 6) is -2.50. The maximum absolute atomic E-state index is 11.8. The molecule has 0 aliphatic carbocycles. The lowest BCUT2D eigenvalue weighted by molar-refractivity contribution is -0.148. The lowest BCUT2D eigenvalue weighted by atomic mass is 10.1. The van der Waals surface area contributed by atoms with Gasteiger partial charge in [0.1, 0.15) is 0 Å². The first-order valence-corrected chi connectivity index (χ1v) is 12.1. The van der Waals surface area contributed by atoms with Crippen molar-refractivity contribution in [3.05, 3.63) is 96.6 Å². The van der Waals surface area contributed by atoms with Crippen LogP contribution in [0.2, 0.25) is 0 Å². The number of benzene rings is 4. The minimum Gasteiger partial charge on any atom is -0.463 e. The number of carbonyl (C=O) groups excluding carboxylic acids is 4. The number of halogens is 1. The van der Waals surface area contributed by atoms with E-state index in [0.717, 1.165) is 28.9 Å². The van der Waals surface area contributed by atoms with Gasteiger partial charge in [-0.25, -0.2) is 9.59 Å². The second-order valence-corrected chi connectivity index (χ2v) is 8.58. The normalized spacial score (nSPS) is 10.3. The van der Waals surface area contributed by atoms with Crippen molar-refractivity contribution in [2.24, 2.45) is 0 Å². The summed E-state index contributed by atoms with van der Waals surface area (Å²) in [4.78, 5) is 49.2. The van der Waals surface area contributed by atoms with Crippen molar-refractivity contribution in [3.8, 4) is 0 Å². The minimum atomic E-state index is -1.09. The van der Waals surface area contributed by atoms with Crippen LogP contribution in [-0.4, -0.2) is 47.2 Å². The van der Waals surface area contributed by atoms with Gasteiger partial charge in [0.05, 0.1) is 14.2 Å². The van der Waals surface area contributed by atoms with Crippen LogP contribution in [-0.2, 0) is 23.9 Å². The van der Waals surface area contributed by atoms with Crippen LogP contribution in [0.25, 0.3) is 43.6 Å². The lowest BCUT2D eigenvalue weighted by Gasteiger charge is -1.99. The molecular formula is C30H23ClN2O6. The molecule has 8 nitrogen and oxygen atoms in total. The maximum atomic E-state index is 11.8. The number of hydrogen-bond acceptors (Lipinski definition) is 6. The Balaban J connectivity index is 0.000000152. The zero-order chi connectivity index (χ0) is 27.9. The topological polar surface area (TPSA) is 118 Å². The number of ketones is 1. The van der Waals surface area contributed by atoms with Gasteiger partial charge in [-0.2, -0.15) is 0 Å². The number of esters is 2. The van der Waals surface area contributed by atoms with Crippen molar-refractivity contribution in [1.82, 2.24) is 9.97 Å². The molecule has 0 bridgehead atoms. The van der Waals surface area contributed by atoms with Crippen LogP contribution in [0, 0.1) is 0 Å². The summed E-state index contributed by atoms with van der Waals surface area (Å²) in [6, 6.07) is 29.7. The number of aromatic amines is 2. The molecule has 0 saturated carbocycles. The first-order valence-electron chi connectivity index (χ1n) is 11.7. The zero-order valence-electron chi connectivity index (χ0n) is 21.0. The van der Waals surface area contributed by atoms with E-state index >= 15 is 0 Å². The van der Waals surface area contributed by atoms with E-state index in [9.17, 15) is 19.2 Å². The van der Waals surface area contributed by atoms with Crippen molar-refractivity contribution in [3.63, 3.8) is 0 Å². The summed E-state index contributed by atoms with van der Waals surface area (Å²) in [6.07, 6.45) is 0. The number of carbonyl (C=O) groups is 4. The molecule has 2 heterocycles. The summed E-state index contributed by atoms with van der Waals surface area (Å²) in [5, 5.41) is 3.46. The molecule has 39 heavy (non-hydrogen) atoms. The molecule has 0 unspecified atom stereocenters. The largest absolute Gasteiger partial charge is 0.463 e. The molecule has 6 aromatic rings. The van der Waals surface area contributed by atoms with Crippen LogP contribution < -0.4 is 0 Å². The monoisotopic (exact) mass is 542 g/mol. The van der Waals surface area contributed by atoms with Gasteiger partial charge in [0.15, 0.2) is 0 Å². The average molecular weight is 543 g/mol. The molecule has 0 amide bonds. The van der Waals surface area contributed by atoms with Gasteiger partial charge in [-0.3, -0.25) is 9.59 Å². The van der Waals surface area contributed by atoms with Crippen molar-refractivity contribution < 1.29 is 28.7 Å². The molecule has 0 spiro atoms. The molecule has 2 N–H and O–H groups in total. The third-order valence-electron chi connectivity index (χ3n) is 5.90. The SMILES string of the molecule is COC(=O)C(=O)Cl.COC(=O)C(=O)c1ccc2[nH]c3ccccc3c2c1.c1ccc2c(c1)[nH]c1ccccc12. The molecule has 0 aliphatic heterocycles. The maximum Gasteiger partial charge on any atom is 0.391 e.